The van der Waals surface area contributed by atoms with Gasteiger partial charge in [0, 0.05) is 0 Å². The number of hydrogen-bond donors (Lipinski definition) is 1. The summed E-state index contributed by atoms with van der Waals surface area (Å²) in [6, 6.07) is 0. The van der Waals surface area contributed by atoms with E-state index in [0.29, 0.717) is 13.2 Å². The lowest BCUT2D eigenvalue weighted by atomic mass is 10.5. The molecule has 70 valence electrons. The molecule has 5 heteroatoms. The Bertz CT molecular complexity index is 161. The van der Waals surface area contributed by atoms with Gasteiger partial charge in [0.1, 0.15) is 12.8 Å². The number of nitrogens with zero attached hydrogens (tertiary/aromatic N) is 1. The predicted octanol–water partition coefficient (Wildman–Crippen LogP) is -0.207. The molecule has 1 aliphatic heterocycles. The molecule has 0 spiro atoms. The van der Waals surface area contributed by atoms with E-state index >= 15 is 0 Å². The van der Waals surface area contributed by atoms with Crippen LogP contribution in [0.5, 0.6) is 0 Å². The van der Waals surface area contributed by atoms with E-state index in [1.807, 2.05) is 0 Å². The van der Waals surface area contributed by atoms with Crippen LogP contribution in [0.15, 0.2) is 0 Å². The molecule has 1 atom stereocenters. The number of cyclic esters (lactones) is 1. The summed E-state index contributed by atoms with van der Waals surface area (Å²) in [6.45, 7) is 2.94. The van der Waals surface area contributed by atoms with E-state index in [1.165, 1.54) is 4.90 Å². The number of hydrogen-bond acceptors (Lipinski definition) is 4. The van der Waals surface area contributed by atoms with Crippen LogP contribution in [-0.2, 0) is 9.47 Å². The van der Waals surface area contributed by atoms with Gasteiger partial charge in [0.25, 0.3) is 0 Å². The van der Waals surface area contributed by atoms with Gasteiger partial charge in [-0.15, -0.1) is 0 Å². The number of ether oxygens (including phenoxy) is 2. The van der Waals surface area contributed by atoms with Crippen LogP contribution >= 0.6 is 0 Å². The molecule has 1 amide bonds. The molecule has 1 rings (SSSR count). The van der Waals surface area contributed by atoms with Crippen molar-refractivity contribution in [3.63, 3.8) is 0 Å². The smallest absolute Gasteiger partial charge is 0.412 e. The van der Waals surface area contributed by atoms with Gasteiger partial charge in [0.2, 0.25) is 0 Å². The zero-order valence-electron chi connectivity index (χ0n) is 7.02. The van der Waals surface area contributed by atoms with E-state index in [1.54, 1.807) is 6.92 Å². The summed E-state index contributed by atoms with van der Waals surface area (Å²) >= 11 is 0. The summed E-state index contributed by atoms with van der Waals surface area (Å²) in [5.74, 6) is 0. The van der Waals surface area contributed by atoms with Crippen LogP contribution in [0.3, 0.4) is 0 Å². The highest BCUT2D eigenvalue weighted by atomic mass is 16.6. The van der Waals surface area contributed by atoms with E-state index in [2.05, 4.69) is 0 Å². The van der Waals surface area contributed by atoms with Gasteiger partial charge in [-0.1, -0.05) is 0 Å². The third-order valence-corrected chi connectivity index (χ3v) is 1.68. The Labute approximate surface area is 70.9 Å². The van der Waals surface area contributed by atoms with E-state index in [-0.39, 0.29) is 25.5 Å². The van der Waals surface area contributed by atoms with Gasteiger partial charge in [0.05, 0.1) is 19.8 Å². The zero-order chi connectivity index (χ0) is 8.97. The second-order valence-electron chi connectivity index (χ2n) is 2.50. The van der Waals surface area contributed by atoms with Gasteiger partial charge in [-0.2, -0.15) is 0 Å². The second kappa shape index (κ2) is 4.27. The van der Waals surface area contributed by atoms with Crippen molar-refractivity contribution >= 4 is 6.09 Å². The average Bonchev–Trinajstić information content (AvgIpc) is 2.47. The lowest BCUT2D eigenvalue weighted by Gasteiger charge is -2.21. The number of carbonyl (C=O) groups is 1. The quantitative estimate of drug-likeness (QED) is 0.642. The molecule has 1 heterocycles. The Morgan fingerprint density at radius 2 is 2.58 bits per heavy atom. The first kappa shape index (κ1) is 9.28. The molecule has 0 radical (unpaired) electrons. The molecule has 0 aromatic rings. The number of rotatable bonds is 4. The van der Waals surface area contributed by atoms with Crippen LogP contribution in [0.25, 0.3) is 0 Å². The van der Waals surface area contributed by atoms with Crippen molar-refractivity contribution in [2.24, 2.45) is 0 Å². The van der Waals surface area contributed by atoms with Gasteiger partial charge in [-0.05, 0) is 6.92 Å². The van der Waals surface area contributed by atoms with Crippen LogP contribution in [0.2, 0.25) is 0 Å². The highest BCUT2D eigenvalue weighted by Crippen LogP contribution is 2.08. The van der Waals surface area contributed by atoms with E-state index < -0.39 is 0 Å². The second-order valence-corrected chi connectivity index (χ2v) is 2.50. The molecule has 0 aromatic carbocycles. The normalized spacial score (nSPS) is 19.5. The minimum atomic E-state index is -0.347. The first-order chi connectivity index (χ1) is 5.75. The Morgan fingerprint density at radius 3 is 3.08 bits per heavy atom. The molecular formula is C7H13NO4. The summed E-state index contributed by atoms with van der Waals surface area (Å²) in [5, 5.41) is 8.46. The molecule has 0 aliphatic carbocycles. The van der Waals surface area contributed by atoms with Crippen molar-refractivity contribution in [2.75, 3.05) is 26.4 Å². The van der Waals surface area contributed by atoms with Gasteiger partial charge >= 0.3 is 6.09 Å². The summed E-state index contributed by atoms with van der Waals surface area (Å²) < 4.78 is 9.83. The summed E-state index contributed by atoms with van der Waals surface area (Å²) in [7, 11) is 0. The molecule has 0 saturated carbocycles. The molecule has 1 fully saturated rings. The van der Waals surface area contributed by atoms with Crippen LogP contribution in [0.1, 0.15) is 6.92 Å². The number of amides is 1. The molecule has 0 aromatic heterocycles. The van der Waals surface area contributed by atoms with E-state index in [4.69, 9.17) is 14.6 Å². The third kappa shape index (κ3) is 2.09. The molecule has 0 bridgehead atoms. The first-order valence-corrected chi connectivity index (χ1v) is 3.91. The zero-order valence-corrected chi connectivity index (χ0v) is 7.02. The summed E-state index contributed by atoms with van der Waals surface area (Å²) in [4.78, 5) is 12.4. The molecule has 1 aliphatic rings. The number of aliphatic hydroxyl groups excluding tert-OH is 1. The Morgan fingerprint density at radius 1 is 1.83 bits per heavy atom. The van der Waals surface area contributed by atoms with Crippen molar-refractivity contribution in [1.29, 1.82) is 0 Å². The summed E-state index contributed by atoms with van der Waals surface area (Å²) in [5.41, 5.74) is 0. The van der Waals surface area contributed by atoms with Crippen molar-refractivity contribution in [3.05, 3.63) is 0 Å². The fraction of sp³-hybridized carbons (Fsp3) is 0.857. The number of carbonyl (C=O) groups excluding carboxylic acids is 1. The summed E-state index contributed by atoms with van der Waals surface area (Å²) in [6.07, 6.45) is -0.660. The largest absolute Gasteiger partial charge is 0.447 e. The van der Waals surface area contributed by atoms with Gasteiger partial charge in [-0.3, -0.25) is 4.90 Å². The van der Waals surface area contributed by atoms with Crippen molar-refractivity contribution in [2.45, 2.75) is 13.2 Å². The maximum atomic E-state index is 10.9. The molecule has 1 unspecified atom stereocenters. The Kier molecular flexibility index (Phi) is 3.31. The monoisotopic (exact) mass is 175 g/mol. The molecule has 1 saturated heterocycles. The lowest BCUT2D eigenvalue weighted by Crippen LogP contribution is -2.36. The van der Waals surface area contributed by atoms with Crippen LogP contribution < -0.4 is 0 Å². The molecule has 1 N–H and O–H groups in total. The van der Waals surface area contributed by atoms with Crippen molar-refractivity contribution in [1.82, 2.24) is 4.90 Å². The van der Waals surface area contributed by atoms with Gasteiger partial charge in [0.15, 0.2) is 0 Å². The lowest BCUT2D eigenvalue weighted by molar-refractivity contribution is -0.0330. The predicted molar refractivity (Wildman–Crippen MR) is 40.6 cm³/mol. The number of aliphatic hydroxyl groups is 1. The standard InChI is InChI=1S/C7H13NO4/c1-6(11-5-3-9)8-2-4-12-7(8)10/h6,9H,2-5H2,1H3. The van der Waals surface area contributed by atoms with Crippen LogP contribution in [0, 0.1) is 0 Å². The Hall–Kier alpha value is -0.810. The molecular weight excluding hydrogens is 162 g/mol. The highest BCUT2D eigenvalue weighted by molar-refractivity contribution is 5.69. The minimum Gasteiger partial charge on any atom is -0.447 e. The SMILES string of the molecule is CC(OCCO)N1CCOC1=O. The maximum absolute atomic E-state index is 10.9. The van der Waals surface area contributed by atoms with E-state index in [9.17, 15) is 4.79 Å². The maximum Gasteiger partial charge on any atom is 0.412 e. The topological polar surface area (TPSA) is 59.0 Å². The van der Waals surface area contributed by atoms with Crippen molar-refractivity contribution in [3.8, 4) is 0 Å². The van der Waals surface area contributed by atoms with Crippen molar-refractivity contribution < 1.29 is 19.4 Å². The van der Waals surface area contributed by atoms with Gasteiger partial charge < -0.3 is 14.6 Å². The minimum absolute atomic E-state index is 0.0345. The fourth-order valence-corrected chi connectivity index (χ4v) is 1.05. The third-order valence-electron chi connectivity index (χ3n) is 1.68. The van der Waals surface area contributed by atoms with E-state index in [0.717, 1.165) is 0 Å². The fourth-order valence-electron chi connectivity index (χ4n) is 1.05. The van der Waals surface area contributed by atoms with Gasteiger partial charge in [-0.25, -0.2) is 4.79 Å². The first-order valence-electron chi connectivity index (χ1n) is 3.91. The highest BCUT2D eigenvalue weighted by Gasteiger charge is 2.26. The average molecular weight is 175 g/mol. The van der Waals surface area contributed by atoms with Crippen LogP contribution in [0.4, 0.5) is 4.79 Å². The van der Waals surface area contributed by atoms with Crippen LogP contribution in [-0.4, -0.2) is 48.7 Å². The Balaban J connectivity index is 2.30. The molecule has 12 heavy (non-hydrogen) atoms. The molecule has 5 nitrogen and oxygen atoms in total.